The number of halogens is 1. The lowest BCUT2D eigenvalue weighted by Crippen LogP contribution is -2.03. The monoisotopic (exact) mass is 288 g/mol. The number of nitro benzene ring substituents is 1. The number of anilines is 1. The van der Waals surface area contributed by atoms with Crippen LogP contribution in [0, 0.1) is 17.0 Å². The fraction of sp³-hybridized carbons (Fsp3) is 0.500. The predicted molar refractivity (Wildman–Crippen MR) is 78.9 cm³/mol. The molecule has 0 spiro atoms. The molecule has 1 aromatic rings. The van der Waals surface area contributed by atoms with E-state index in [0.717, 1.165) is 30.8 Å². The first-order chi connectivity index (χ1) is 8.56. The highest BCUT2D eigenvalue weighted by Crippen LogP contribution is 2.30. The zero-order valence-electron chi connectivity index (χ0n) is 10.5. The van der Waals surface area contributed by atoms with Crippen molar-refractivity contribution in [3.8, 4) is 0 Å². The molecule has 0 heterocycles. The Morgan fingerprint density at radius 1 is 1.44 bits per heavy atom. The van der Waals surface area contributed by atoms with Gasteiger partial charge in [-0.2, -0.15) is 11.8 Å². The maximum Gasteiger partial charge on any atom is 0.273 e. The number of nitro groups is 1. The SMILES string of the molecule is CSCCCCNc1cc(C)c([N+](=O)[O-])cc1Cl. The average molecular weight is 289 g/mol. The van der Waals surface area contributed by atoms with Gasteiger partial charge in [-0.15, -0.1) is 0 Å². The molecule has 0 atom stereocenters. The third kappa shape index (κ3) is 4.38. The second-order valence-electron chi connectivity index (χ2n) is 4.00. The predicted octanol–water partition coefficient (Wildman–Crippen LogP) is 4.11. The van der Waals surface area contributed by atoms with Crippen LogP contribution in [-0.2, 0) is 0 Å². The molecular formula is C12H17ClN2O2S. The average Bonchev–Trinajstić information content (AvgIpc) is 2.32. The van der Waals surface area contributed by atoms with Crippen LogP contribution in [-0.4, -0.2) is 23.5 Å². The summed E-state index contributed by atoms with van der Waals surface area (Å²) in [5.41, 5.74) is 1.45. The molecule has 0 saturated carbocycles. The van der Waals surface area contributed by atoms with E-state index in [9.17, 15) is 10.1 Å². The van der Waals surface area contributed by atoms with E-state index in [2.05, 4.69) is 11.6 Å². The van der Waals surface area contributed by atoms with Crippen LogP contribution < -0.4 is 5.32 Å². The molecule has 0 bridgehead atoms. The van der Waals surface area contributed by atoms with Crippen molar-refractivity contribution in [2.75, 3.05) is 23.9 Å². The summed E-state index contributed by atoms with van der Waals surface area (Å²) in [7, 11) is 0. The fourth-order valence-electron chi connectivity index (χ4n) is 1.60. The van der Waals surface area contributed by atoms with Crippen molar-refractivity contribution in [3.63, 3.8) is 0 Å². The maximum atomic E-state index is 10.7. The van der Waals surface area contributed by atoms with Gasteiger partial charge < -0.3 is 5.32 Å². The van der Waals surface area contributed by atoms with E-state index in [1.54, 1.807) is 13.0 Å². The number of nitrogens with zero attached hydrogens (tertiary/aromatic N) is 1. The van der Waals surface area contributed by atoms with Crippen LogP contribution in [0.2, 0.25) is 5.02 Å². The summed E-state index contributed by atoms with van der Waals surface area (Å²) in [6.07, 6.45) is 4.30. The Morgan fingerprint density at radius 3 is 2.78 bits per heavy atom. The molecule has 0 aliphatic rings. The second kappa shape index (κ2) is 7.48. The van der Waals surface area contributed by atoms with Gasteiger partial charge in [-0.3, -0.25) is 10.1 Å². The van der Waals surface area contributed by atoms with Crippen molar-refractivity contribution in [2.24, 2.45) is 0 Å². The molecule has 0 aromatic heterocycles. The molecule has 18 heavy (non-hydrogen) atoms. The van der Waals surface area contributed by atoms with Crippen LogP contribution in [0.1, 0.15) is 18.4 Å². The molecule has 0 aliphatic heterocycles. The van der Waals surface area contributed by atoms with Gasteiger partial charge in [0.2, 0.25) is 0 Å². The zero-order chi connectivity index (χ0) is 13.5. The normalized spacial score (nSPS) is 10.4. The van der Waals surface area contributed by atoms with E-state index < -0.39 is 4.92 Å². The van der Waals surface area contributed by atoms with E-state index in [1.807, 2.05) is 11.8 Å². The molecule has 0 aliphatic carbocycles. The quantitative estimate of drug-likeness (QED) is 0.466. The minimum atomic E-state index is -0.413. The first-order valence-corrected chi connectivity index (χ1v) is 7.50. The van der Waals surface area contributed by atoms with Crippen molar-refractivity contribution >= 4 is 34.7 Å². The largest absolute Gasteiger partial charge is 0.384 e. The fourth-order valence-corrected chi connectivity index (χ4v) is 2.32. The molecular weight excluding hydrogens is 272 g/mol. The molecule has 100 valence electrons. The van der Waals surface area contributed by atoms with Gasteiger partial charge in [-0.25, -0.2) is 0 Å². The minimum absolute atomic E-state index is 0.0629. The number of thioether (sulfide) groups is 1. The van der Waals surface area contributed by atoms with Crippen LogP contribution >= 0.6 is 23.4 Å². The van der Waals surface area contributed by atoms with Gasteiger partial charge in [0, 0.05) is 18.2 Å². The van der Waals surface area contributed by atoms with Gasteiger partial charge in [0.15, 0.2) is 0 Å². The Balaban J connectivity index is 2.62. The Hall–Kier alpha value is -0.940. The highest BCUT2D eigenvalue weighted by molar-refractivity contribution is 7.98. The van der Waals surface area contributed by atoms with Crippen LogP contribution in [0.4, 0.5) is 11.4 Å². The number of hydrogen-bond donors (Lipinski definition) is 1. The van der Waals surface area contributed by atoms with E-state index in [1.165, 1.54) is 6.07 Å². The van der Waals surface area contributed by atoms with Gasteiger partial charge >= 0.3 is 0 Å². The number of benzene rings is 1. The first kappa shape index (κ1) is 15.1. The van der Waals surface area contributed by atoms with Gasteiger partial charge in [-0.05, 0) is 37.8 Å². The Kier molecular flexibility index (Phi) is 6.29. The Morgan fingerprint density at radius 2 is 2.17 bits per heavy atom. The molecule has 0 fully saturated rings. The molecule has 1 rings (SSSR count). The molecule has 0 unspecified atom stereocenters. The lowest BCUT2D eigenvalue weighted by atomic mass is 10.2. The van der Waals surface area contributed by atoms with Gasteiger partial charge in [0.1, 0.15) is 0 Å². The molecule has 0 amide bonds. The number of hydrogen-bond acceptors (Lipinski definition) is 4. The van der Waals surface area contributed by atoms with Crippen molar-refractivity contribution in [1.82, 2.24) is 0 Å². The summed E-state index contributed by atoms with van der Waals surface area (Å²) >= 11 is 7.84. The van der Waals surface area contributed by atoms with Crippen molar-refractivity contribution in [3.05, 3.63) is 32.8 Å². The minimum Gasteiger partial charge on any atom is -0.384 e. The highest BCUT2D eigenvalue weighted by atomic mass is 35.5. The molecule has 1 N–H and O–H groups in total. The number of unbranched alkanes of at least 4 members (excludes halogenated alkanes) is 1. The molecule has 0 saturated heterocycles. The molecule has 0 radical (unpaired) electrons. The number of rotatable bonds is 7. The van der Waals surface area contributed by atoms with Crippen molar-refractivity contribution < 1.29 is 4.92 Å². The lowest BCUT2D eigenvalue weighted by molar-refractivity contribution is -0.385. The zero-order valence-corrected chi connectivity index (χ0v) is 12.1. The van der Waals surface area contributed by atoms with E-state index in [-0.39, 0.29) is 5.69 Å². The first-order valence-electron chi connectivity index (χ1n) is 5.73. The Bertz CT molecular complexity index is 427. The van der Waals surface area contributed by atoms with Crippen molar-refractivity contribution in [2.45, 2.75) is 19.8 Å². The van der Waals surface area contributed by atoms with E-state index in [4.69, 9.17) is 11.6 Å². The summed E-state index contributed by atoms with van der Waals surface area (Å²) < 4.78 is 0. The van der Waals surface area contributed by atoms with Crippen LogP contribution in [0.3, 0.4) is 0 Å². The van der Waals surface area contributed by atoms with Crippen molar-refractivity contribution in [1.29, 1.82) is 0 Å². The Labute approximate surface area is 116 Å². The lowest BCUT2D eigenvalue weighted by Gasteiger charge is -2.09. The molecule has 6 heteroatoms. The van der Waals surface area contributed by atoms with Crippen LogP contribution in [0.5, 0.6) is 0 Å². The molecule has 1 aromatic carbocycles. The van der Waals surface area contributed by atoms with Gasteiger partial charge in [-0.1, -0.05) is 11.6 Å². The third-order valence-electron chi connectivity index (χ3n) is 2.57. The molecule has 4 nitrogen and oxygen atoms in total. The second-order valence-corrected chi connectivity index (χ2v) is 5.40. The van der Waals surface area contributed by atoms with Gasteiger partial charge in [0.25, 0.3) is 5.69 Å². The summed E-state index contributed by atoms with van der Waals surface area (Å²) in [5.74, 6) is 1.15. The van der Waals surface area contributed by atoms with E-state index in [0.29, 0.717) is 10.6 Å². The topological polar surface area (TPSA) is 55.2 Å². The summed E-state index contributed by atoms with van der Waals surface area (Å²) in [6.45, 7) is 2.55. The summed E-state index contributed by atoms with van der Waals surface area (Å²) in [6, 6.07) is 3.14. The maximum absolute atomic E-state index is 10.7. The van der Waals surface area contributed by atoms with Gasteiger partial charge in [0.05, 0.1) is 15.6 Å². The van der Waals surface area contributed by atoms with Crippen LogP contribution in [0.15, 0.2) is 12.1 Å². The standard InChI is InChI=1S/C12H17ClN2O2S/c1-9-7-11(14-5-3-4-6-18-2)10(13)8-12(9)15(16)17/h7-8,14H,3-6H2,1-2H3. The van der Waals surface area contributed by atoms with Crippen LogP contribution in [0.25, 0.3) is 0 Å². The summed E-state index contributed by atoms with van der Waals surface area (Å²) in [4.78, 5) is 10.3. The van der Waals surface area contributed by atoms with E-state index >= 15 is 0 Å². The summed E-state index contributed by atoms with van der Waals surface area (Å²) in [5, 5.41) is 14.4. The number of nitrogens with one attached hydrogen (secondary N) is 1. The third-order valence-corrected chi connectivity index (χ3v) is 3.58. The smallest absolute Gasteiger partial charge is 0.273 e. The number of aryl methyl sites for hydroxylation is 1. The highest BCUT2D eigenvalue weighted by Gasteiger charge is 2.13.